The molecule has 1 fully saturated rings. The Morgan fingerprint density at radius 1 is 1.10 bits per heavy atom. The summed E-state index contributed by atoms with van der Waals surface area (Å²) in [7, 11) is 2.10. The van der Waals surface area contributed by atoms with Crippen LogP contribution in [-0.4, -0.2) is 38.2 Å². The lowest BCUT2D eigenvalue weighted by Crippen LogP contribution is -2.34. The number of hydrogen-bond acceptors (Lipinski definition) is 6. The zero-order valence-electron chi connectivity index (χ0n) is 18.2. The van der Waals surface area contributed by atoms with E-state index in [9.17, 15) is 5.11 Å². The van der Waals surface area contributed by atoms with Gasteiger partial charge in [-0.15, -0.1) is 10.2 Å². The molecule has 160 valence electrons. The molecule has 1 aromatic carbocycles. The molecule has 7 nitrogen and oxygen atoms in total. The van der Waals surface area contributed by atoms with E-state index in [1.54, 1.807) is 23.0 Å². The van der Waals surface area contributed by atoms with Crippen molar-refractivity contribution in [2.45, 2.75) is 45.6 Å². The quantitative estimate of drug-likeness (QED) is 0.627. The first-order valence-corrected chi connectivity index (χ1v) is 10.8. The number of aromatic nitrogens is 4. The van der Waals surface area contributed by atoms with Gasteiger partial charge in [-0.2, -0.15) is 10.4 Å². The van der Waals surface area contributed by atoms with Gasteiger partial charge in [-0.25, -0.2) is 4.68 Å². The largest absolute Gasteiger partial charge is 0.507 e. The lowest BCUT2D eigenvalue weighted by atomic mass is 9.98. The van der Waals surface area contributed by atoms with Crippen LogP contribution in [0.1, 0.15) is 45.1 Å². The molecule has 3 aromatic rings. The Labute approximate surface area is 183 Å². The van der Waals surface area contributed by atoms with Crippen LogP contribution in [0.2, 0.25) is 0 Å². The Kier molecular flexibility index (Phi) is 5.90. The summed E-state index contributed by atoms with van der Waals surface area (Å²) in [5, 5.41) is 32.5. The van der Waals surface area contributed by atoms with Gasteiger partial charge in [-0.3, -0.25) is 0 Å². The van der Waals surface area contributed by atoms with Crippen molar-refractivity contribution in [3.8, 4) is 28.8 Å². The van der Waals surface area contributed by atoms with Crippen LogP contribution in [-0.2, 0) is 0 Å². The van der Waals surface area contributed by atoms with E-state index in [1.807, 2.05) is 24.3 Å². The second-order valence-corrected chi connectivity index (χ2v) is 8.79. The molecule has 1 saturated carbocycles. The minimum Gasteiger partial charge on any atom is -0.507 e. The van der Waals surface area contributed by atoms with Crippen LogP contribution in [0, 0.1) is 23.2 Å². The van der Waals surface area contributed by atoms with E-state index in [0.717, 1.165) is 17.7 Å². The fraction of sp³-hybridized carbons (Fsp3) is 0.417. The highest BCUT2D eigenvalue weighted by Gasteiger charge is 2.25. The summed E-state index contributed by atoms with van der Waals surface area (Å²) in [4.78, 5) is 2.25. The van der Waals surface area contributed by atoms with Gasteiger partial charge in [0.15, 0.2) is 5.82 Å². The second-order valence-electron chi connectivity index (χ2n) is 8.79. The number of hydrogen-bond donors (Lipinski definition) is 1. The van der Waals surface area contributed by atoms with E-state index in [0.29, 0.717) is 28.6 Å². The Balaban J connectivity index is 1.53. The third-order valence-corrected chi connectivity index (χ3v) is 6.29. The van der Waals surface area contributed by atoms with Crippen LogP contribution < -0.4 is 4.90 Å². The fourth-order valence-corrected chi connectivity index (χ4v) is 4.39. The highest BCUT2D eigenvalue weighted by molar-refractivity contribution is 5.69. The molecule has 0 amide bonds. The summed E-state index contributed by atoms with van der Waals surface area (Å²) < 4.78 is 1.56. The molecule has 0 saturated heterocycles. The number of nitrogens with zero attached hydrogens (tertiary/aromatic N) is 6. The molecule has 2 aromatic heterocycles. The maximum atomic E-state index is 10.6. The van der Waals surface area contributed by atoms with Crippen molar-refractivity contribution in [2.24, 2.45) is 11.8 Å². The molecule has 3 atom stereocenters. The second kappa shape index (κ2) is 8.76. The monoisotopic (exact) mass is 416 g/mol. The van der Waals surface area contributed by atoms with E-state index in [4.69, 9.17) is 5.26 Å². The first kappa shape index (κ1) is 20.9. The SMILES string of the molecule is C[C@@H]1CC[C@H](C)C[C@@H](N(C)c2ccc(-c3ccc(-n4cc(C#N)cn4)cc3O)nn2)C1. The van der Waals surface area contributed by atoms with Crippen molar-refractivity contribution in [1.29, 1.82) is 5.26 Å². The van der Waals surface area contributed by atoms with E-state index in [-0.39, 0.29) is 5.75 Å². The highest BCUT2D eigenvalue weighted by Crippen LogP contribution is 2.33. The van der Waals surface area contributed by atoms with Gasteiger partial charge in [0.2, 0.25) is 0 Å². The van der Waals surface area contributed by atoms with Crippen LogP contribution in [0.15, 0.2) is 42.7 Å². The first-order valence-electron chi connectivity index (χ1n) is 10.8. The number of anilines is 1. The molecular weight excluding hydrogens is 388 g/mol. The lowest BCUT2D eigenvalue weighted by molar-refractivity contribution is 0.446. The van der Waals surface area contributed by atoms with Gasteiger partial charge in [0.25, 0.3) is 0 Å². The smallest absolute Gasteiger partial charge is 0.151 e. The Morgan fingerprint density at radius 2 is 1.84 bits per heavy atom. The molecule has 1 aliphatic carbocycles. The van der Waals surface area contributed by atoms with Gasteiger partial charge in [0, 0.05) is 30.9 Å². The van der Waals surface area contributed by atoms with E-state index < -0.39 is 0 Å². The normalized spacial score (nSPS) is 21.3. The number of benzene rings is 1. The topological polar surface area (TPSA) is 90.9 Å². The van der Waals surface area contributed by atoms with Crippen molar-refractivity contribution in [3.63, 3.8) is 0 Å². The van der Waals surface area contributed by atoms with Crippen LogP contribution in [0.3, 0.4) is 0 Å². The van der Waals surface area contributed by atoms with Gasteiger partial charge in [0.1, 0.15) is 11.8 Å². The lowest BCUT2D eigenvalue weighted by Gasteiger charge is -2.30. The van der Waals surface area contributed by atoms with Crippen molar-refractivity contribution < 1.29 is 5.11 Å². The fourth-order valence-electron chi connectivity index (χ4n) is 4.39. The summed E-state index contributed by atoms with van der Waals surface area (Å²) in [6.45, 7) is 4.68. The Hall–Kier alpha value is -3.40. The molecule has 31 heavy (non-hydrogen) atoms. The third kappa shape index (κ3) is 4.53. The van der Waals surface area contributed by atoms with Crippen LogP contribution in [0.4, 0.5) is 5.82 Å². The van der Waals surface area contributed by atoms with Gasteiger partial charge in [-0.05, 0) is 48.9 Å². The molecule has 2 heterocycles. The van der Waals surface area contributed by atoms with Gasteiger partial charge < -0.3 is 10.0 Å². The maximum Gasteiger partial charge on any atom is 0.151 e. The zero-order chi connectivity index (χ0) is 22.0. The number of aromatic hydroxyl groups is 1. The standard InChI is InChI=1S/C24H28N6O/c1-16-4-5-17(2)11-20(10-16)29(3)24-9-8-22(27-28-24)21-7-6-19(12-23(21)31)30-15-18(13-25)14-26-30/h6-9,12,14-17,20,31H,4-5,10-11H2,1-3H3/t16-,17+,20+. The number of phenolic OH excluding ortho intramolecular Hbond substituents is 1. The van der Waals surface area contributed by atoms with Gasteiger partial charge in [0.05, 0.1) is 23.1 Å². The van der Waals surface area contributed by atoms with E-state index in [1.165, 1.54) is 31.9 Å². The number of rotatable bonds is 4. The molecule has 0 bridgehead atoms. The summed E-state index contributed by atoms with van der Waals surface area (Å²) in [6.07, 6.45) is 8.04. The molecular formula is C24H28N6O. The zero-order valence-corrected chi connectivity index (χ0v) is 18.2. The summed E-state index contributed by atoms with van der Waals surface area (Å²) >= 11 is 0. The van der Waals surface area contributed by atoms with Gasteiger partial charge in [-0.1, -0.05) is 26.7 Å². The summed E-state index contributed by atoms with van der Waals surface area (Å²) in [5.41, 5.74) is 2.35. The van der Waals surface area contributed by atoms with Crippen LogP contribution in [0.5, 0.6) is 5.75 Å². The van der Waals surface area contributed by atoms with Crippen LogP contribution >= 0.6 is 0 Å². The summed E-state index contributed by atoms with van der Waals surface area (Å²) in [6, 6.07) is 11.6. The van der Waals surface area contributed by atoms with Crippen molar-refractivity contribution >= 4 is 5.82 Å². The van der Waals surface area contributed by atoms with E-state index in [2.05, 4.69) is 41.1 Å². The Bertz CT molecular complexity index is 1070. The van der Waals surface area contributed by atoms with Crippen molar-refractivity contribution in [2.75, 3.05) is 11.9 Å². The maximum absolute atomic E-state index is 10.6. The average Bonchev–Trinajstić information content (AvgIpc) is 3.19. The van der Waals surface area contributed by atoms with Crippen LogP contribution in [0.25, 0.3) is 16.9 Å². The minimum atomic E-state index is 0.0910. The predicted molar refractivity (Wildman–Crippen MR) is 120 cm³/mol. The van der Waals surface area contributed by atoms with Gasteiger partial charge >= 0.3 is 0 Å². The molecule has 1 N–H and O–H groups in total. The summed E-state index contributed by atoms with van der Waals surface area (Å²) in [5.74, 6) is 2.39. The highest BCUT2D eigenvalue weighted by atomic mass is 16.3. The predicted octanol–water partition coefficient (Wildman–Crippen LogP) is 4.56. The Morgan fingerprint density at radius 3 is 2.42 bits per heavy atom. The van der Waals surface area contributed by atoms with E-state index >= 15 is 0 Å². The molecule has 0 spiro atoms. The molecule has 1 aliphatic rings. The van der Waals surface area contributed by atoms with Crippen molar-refractivity contribution in [1.82, 2.24) is 20.0 Å². The average molecular weight is 417 g/mol. The molecule has 7 heteroatoms. The molecule has 0 unspecified atom stereocenters. The molecule has 0 radical (unpaired) electrons. The third-order valence-electron chi connectivity index (χ3n) is 6.29. The van der Waals surface area contributed by atoms with Crippen molar-refractivity contribution in [3.05, 3.63) is 48.3 Å². The first-order chi connectivity index (χ1) is 14.9. The minimum absolute atomic E-state index is 0.0910. The molecule has 4 rings (SSSR count). The number of nitriles is 1. The number of phenols is 1. The molecule has 0 aliphatic heterocycles.